The van der Waals surface area contributed by atoms with Crippen molar-refractivity contribution in [3.63, 3.8) is 0 Å². The number of likely N-dealkylation sites (tertiary alicyclic amines) is 1. The summed E-state index contributed by atoms with van der Waals surface area (Å²) >= 11 is 0. The zero-order valence-corrected chi connectivity index (χ0v) is 13.4. The summed E-state index contributed by atoms with van der Waals surface area (Å²) in [6.45, 7) is 2.79. The summed E-state index contributed by atoms with van der Waals surface area (Å²) < 4.78 is 0. The summed E-state index contributed by atoms with van der Waals surface area (Å²) in [5.74, 6) is 0.989. The first kappa shape index (κ1) is 16.8. The number of carbonyl (C=O) groups excluding carboxylic acids is 1. The molecule has 0 atom stereocenters. The molecular formula is C17H22ClN3O. The number of nitriles is 1. The maximum atomic E-state index is 12.4. The molecule has 1 amide bonds. The number of carbonyl (C=O) groups is 1. The second kappa shape index (κ2) is 7.62. The van der Waals surface area contributed by atoms with Crippen LogP contribution in [0.4, 0.5) is 0 Å². The molecule has 1 aromatic rings. The third-order valence-corrected chi connectivity index (χ3v) is 4.44. The Morgan fingerprint density at radius 2 is 1.82 bits per heavy atom. The average Bonchev–Trinajstić information content (AvgIpc) is 3.37. The molecule has 0 unspecified atom stereocenters. The van der Waals surface area contributed by atoms with Crippen LogP contribution in [0.1, 0.15) is 41.6 Å². The molecule has 1 N–H and O–H groups in total. The fourth-order valence-corrected chi connectivity index (χ4v) is 2.81. The van der Waals surface area contributed by atoms with Gasteiger partial charge in [-0.3, -0.25) is 4.79 Å². The predicted molar refractivity (Wildman–Crippen MR) is 88.1 cm³/mol. The summed E-state index contributed by atoms with van der Waals surface area (Å²) in [5.41, 5.74) is 1.27. The van der Waals surface area contributed by atoms with Crippen molar-refractivity contribution in [2.24, 2.45) is 5.92 Å². The number of amides is 1. The van der Waals surface area contributed by atoms with E-state index in [2.05, 4.69) is 11.4 Å². The highest BCUT2D eigenvalue weighted by molar-refractivity contribution is 5.94. The Hall–Kier alpha value is -1.57. The number of piperidine rings is 1. The Bertz CT molecular complexity index is 540. The first-order valence-electron chi connectivity index (χ1n) is 7.79. The van der Waals surface area contributed by atoms with Gasteiger partial charge >= 0.3 is 0 Å². The van der Waals surface area contributed by atoms with E-state index in [1.54, 1.807) is 24.3 Å². The summed E-state index contributed by atoms with van der Waals surface area (Å²) in [7, 11) is 0. The molecule has 1 aliphatic heterocycles. The molecule has 22 heavy (non-hydrogen) atoms. The third-order valence-electron chi connectivity index (χ3n) is 4.44. The second-order valence-corrected chi connectivity index (χ2v) is 6.11. The second-order valence-electron chi connectivity index (χ2n) is 6.11. The van der Waals surface area contributed by atoms with Gasteiger partial charge < -0.3 is 10.2 Å². The predicted octanol–water partition coefficient (Wildman–Crippen LogP) is 2.58. The van der Waals surface area contributed by atoms with Crippen molar-refractivity contribution in [1.82, 2.24) is 10.2 Å². The summed E-state index contributed by atoms with van der Waals surface area (Å²) in [4.78, 5) is 14.3. The Balaban J connectivity index is 0.00000176. The van der Waals surface area contributed by atoms with Crippen molar-refractivity contribution >= 4 is 18.3 Å². The molecule has 2 aliphatic rings. The molecule has 1 saturated heterocycles. The normalized spacial score (nSPS) is 18.4. The Morgan fingerprint density at radius 1 is 1.18 bits per heavy atom. The van der Waals surface area contributed by atoms with E-state index in [4.69, 9.17) is 5.26 Å². The van der Waals surface area contributed by atoms with Crippen molar-refractivity contribution in [3.8, 4) is 6.07 Å². The minimum Gasteiger partial charge on any atom is -0.339 e. The molecule has 4 nitrogen and oxygen atoms in total. The summed E-state index contributed by atoms with van der Waals surface area (Å²) in [5, 5.41) is 12.4. The van der Waals surface area contributed by atoms with E-state index in [0.29, 0.717) is 17.2 Å². The van der Waals surface area contributed by atoms with E-state index < -0.39 is 0 Å². The van der Waals surface area contributed by atoms with Gasteiger partial charge in [-0.2, -0.15) is 5.26 Å². The Labute approximate surface area is 137 Å². The Morgan fingerprint density at radius 3 is 2.36 bits per heavy atom. The molecule has 0 bridgehead atoms. The van der Waals surface area contributed by atoms with E-state index in [-0.39, 0.29) is 18.3 Å². The van der Waals surface area contributed by atoms with Crippen LogP contribution in [0.15, 0.2) is 24.3 Å². The van der Waals surface area contributed by atoms with Gasteiger partial charge in [0.25, 0.3) is 5.91 Å². The molecule has 0 radical (unpaired) electrons. The zero-order chi connectivity index (χ0) is 14.7. The van der Waals surface area contributed by atoms with Gasteiger partial charge in [0.2, 0.25) is 0 Å². The van der Waals surface area contributed by atoms with Crippen LogP contribution in [-0.4, -0.2) is 36.5 Å². The highest BCUT2D eigenvalue weighted by Crippen LogP contribution is 2.28. The van der Waals surface area contributed by atoms with E-state index >= 15 is 0 Å². The average molecular weight is 320 g/mol. The van der Waals surface area contributed by atoms with Gasteiger partial charge in [-0.05, 0) is 62.4 Å². The number of nitrogens with zero attached hydrogens (tertiary/aromatic N) is 2. The zero-order valence-electron chi connectivity index (χ0n) is 12.6. The smallest absolute Gasteiger partial charge is 0.253 e. The van der Waals surface area contributed by atoms with Crippen LogP contribution in [0.2, 0.25) is 0 Å². The lowest BCUT2D eigenvalue weighted by Crippen LogP contribution is -2.45. The topological polar surface area (TPSA) is 56.1 Å². The SMILES string of the molecule is Cl.N#Cc1ccc(C(=O)N2CCC(NCC3CC3)CC2)cc1. The van der Waals surface area contributed by atoms with Crippen LogP contribution in [0.3, 0.4) is 0 Å². The van der Waals surface area contributed by atoms with Gasteiger partial charge in [-0.25, -0.2) is 0 Å². The van der Waals surface area contributed by atoms with Gasteiger partial charge in [-0.15, -0.1) is 12.4 Å². The van der Waals surface area contributed by atoms with Gasteiger partial charge in [-0.1, -0.05) is 0 Å². The van der Waals surface area contributed by atoms with E-state index in [1.807, 2.05) is 4.90 Å². The maximum Gasteiger partial charge on any atom is 0.253 e. The van der Waals surface area contributed by atoms with E-state index in [0.717, 1.165) is 38.4 Å². The lowest BCUT2D eigenvalue weighted by atomic mass is 10.0. The lowest BCUT2D eigenvalue weighted by Gasteiger charge is -2.32. The largest absolute Gasteiger partial charge is 0.339 e. The van der Waals surface area contributed by atoms with Crippen LogP contribution in [0, 0.1) is 17.2 Å². The highest BCUT2D eigenvalue weighted by Gasteiger charge is 2.26. The number of rotatable bonds is 4. The molecule has 1 aromatic carbocycles. The number of benzene rings is 1. The van der Waals surface area contributed by atoms with Crippen molar-refractivity contribution in [2.45, 2.75) is 31.7 Å². The fourth-order valence-electron chi connectivity index (χ4n) is 2.81. The fraction of sp³-hybridized carbons (Fsp3) is 0.529. The van der Waals surface area contributed by atoms with Gasteiger partial charge in [0, 0.05) is 24.7 Å². The molecule has 5 heteroatoms. The molecule has 1 aliphatic carbocycles. The number of halogens is 1. The van der Waals surface area contributed by atoms with E-state index in [1.165, 1.54) is 12.8 Å². The number of hydrogen-bond donors (Lipinski definition) is 1. The molecule has 0 spiro atoms. The molecule has 1 saturated carbocycles. The van der Waals surface area contributed by atoms with Crippen LogP contribution < -0.4 is 5.32 Å². The van der Waals surface area contributed by atoms with Crippen LogP contribution in [-0.2, 0) is 0 Å². The minimum absolute atomic E-state index is 0. The van der Waals surface area contributed by atoms with Crippen molar-refractivity contribution in [1.29, 1.82) is 5.26 Å². The molecule has 3 rings (SSSR count). The van der Waals surface area contributed by atoms with E-state index in [9.17, 15) is 4.79 Å². The maximum absolute atomic E-state index is 12.4. The summed E-state index contributed by atoms with van der Waals surface area (Å²) in [6.07, 6.45) is 4.83. The summed E-state index contributed by atoms with van der Waals surface area (Å²) in [6, 6.07) is 9.55. The Kier molecular flexibility index (Phi) is 5.82. The highest BCUT2D eigenvalue weighted by atomic mass is 35.5. The van der Waals surface area contributed by atoms with Gasteiger partial charge in [0.15, 0.2) is 0 Å². The molecule has 1 heterocycles. The first-order valence-corrected chi connectivity index (χ1v) is 7.79. The molecule has 0 aromatic heterocycles. The molecule has 118 valence electrons. The standard InChI is InChI=1S/C17H21N3O.ClH/c18-11-13-3-5-15(6-4-13)17(21)20-9-7-16(8-10-20)19-12-14-1-2-14;/h3-6,14,16,19H,1-2,7-10,12H2;1H. The quantitative estimate of drug-likeness (QED) is 0.928. The minimum atomic E-state index is 0. The first-order chi connectivity index (χ1) is 10.3. The van der Waals surface area contributed by atoms with Crippen LogP contribution in [0.5, 0.6) is 0 Å². The van der Waals surface area contributed by atoms with Gasteiger partial charge in [0.05, 0.1) is 11.6 Å². The lowest BCUT2D eigenvalue weighted by molar-refractivity contribution is 0.0705. The number of nitrogens with one attached hydrogen (secondary N) is 1. The van der Waals surface area contributed by atoms with Crippen molar-refractivity contribution < 1.29 is 4.79 Å². The monoisotopic (exact) mass is 319 g/mol. The third kappa shape index (κ3) is 4.22. The molecular weight excluding hydrogens is 298 g/mol. The van der Waals surface area contributed by atoms with Crippen molar-refractivity contribution in [3.05, 3.63) is 35.4 Å². The van der Waals surface area contributed by atoms with Crippen LogP contribution >= 0.6 is 12.4 Å². The molecule has 2 fully saturated rings. The van der Waals surface area contributed by atoms with Crippen molar-refractivity contribution in [2.75, 3.05) is 19.6 Å². The number of hydrogen-bond acceptors (Lipinski definition) is 3. The van der Waals surface area contributed by atoms with Gasteiger partial charge in [0.1, 0.15) is 0 Å². The van der Waals surface area contributed by atoms with Crippen LogP contribution in [0.25, 0.3) is 0 Å².